The predicted octanol–water partition coefficient (Wildman–Crippen LogP) is 3.58. The lowest BCUT2D eigenvalue weighted by atomic mass is 10.1. The summed E-state index contributed by atoms with van der Waals surface area (Å²) in [4.78, 5) is 27.7. The third kappa shape index (κ3) is 2.85. The molecule has 24 heavy (non-hydrogen) atoms. The second-order valence-electron chi connectivity index (χ2n) is 5.79. The van der Waals surface area contributed by atoms with Crippen molar-refractivity contribution < 1.29 is 9.18 Å². The van der Waals surface area contributed by atoms with E-state index in [0.717, 1.165) is 16.0 Å². The maximum absolute atomic E-state index is 13.9. The van der Waals surface area contributed by atoms with Gasteiger partial charge in [0.1, 0.15) is 5.82 Å². The maximum Gasteiger partial charge on any atom is 0.261 e. The molecule has 0 saturated heterocycles. The summed E-state index contributed by atoms with van der Waals surface area (Å²) < 4.78 is 14.7. The van der Waals surface area contributed by atoms with Crippen LogP contribution in [0.1, 0.15) is 32.1 Å². The van der Waals surface area contributed by atoms with Gasteiger partial charge in [-0.1, -0.05) is 6.07 Å². The molecule has 0 fully saturated rings. The van der Waals surface area contributed by atoms with Gasteiger partial charge in [-0.15, -0.1) is 11.3 Å². The molecular weight excluding hydrogens is 327 g/mol. The second kappa shape index (κ2) is 6.20. The van der Waals surface area contributed by atoms with E-state index in [1.807, 2.05) is 19.9 Å². The summed E-state index contributed by atoms with van der Waals surface area (Å²) in [6, 6.07) is 6.67. The number of carbonyl (C=O) groups excluding carboxylic acids is 1. The average Bonchev–Trinajstić information content (AvgIpc) is 2.84. The van der Waals surface area contributed by atoms with E-state index in [-0.39, 0.29) is 23.8 Å². The van der Waals surface area contributed by atoms with Crippen LogP contribution in [0.2, 0.25) is 0 Å². The molecule has 0 atom stereocenters. The SMILES string of the molecule is Cc1cc(C)c(CNC(=O)c2sc3cccc(F)c3c2C)c(=O)[nH]1. The third-order valence-electron chi connectivity index (χ3n) is 4.03. The van der Waals surface area contributed by atoms with Crippen molar-refractivity contribution in [3.8, 4) is 0 Å². The summed E-state index contributed by atoms with van der Waals surface area (Å²) in [5.41, 5.74) is 2.56. The summed E-state index contributed by atoms with van der Waals surface area (Å²) in [5, 5.41) is 3.25. The molecule has 2 heterocycles. The zero-order chi connectivity index (χ0) is 17.4. The minimum atomic E-state index is -0.328. The Morgan fingerprint density at radius 1 is 1.29 bits per heavy atom. The van der Waals surface area contributed by atoms with Gasteiger partial charge in [-0.05, 0) is 50.1 Å². The molecular formula is C18H17FN2O2S. The van der Waals surface area contributed by atoms with E-state index in [1.54, 1.807) is 19.1 Å². The van der Waals surface area contributed by atoms with E-state index in [2.05, 4.69) is 10.3 Å². The Morgan fingerprint density at radius 2 is 2.04 bits per heavy atom. The molecule has 0 unspecified atom stereocenters. The van der Waals surface area contributed by atoms with Crippen LogP contribution >= 0.6 is 11.3 Å². The molecule has 1 aromatic carbocycles. The fourth-order valence-corrected chi connectivity index (χ4v) is 3.96. The van der Waals surface area contributed by atoms with E-state index >= 15 is 0 Å². The number of H-pyrrole nitrogens is 1. The number of rotatable bonds is 3. The van der Waals surface area contributed by atoms with Crippen molar-refractivity contribution in [2.24, 2.45) is 0 Å². The molecule has 0 aliphatic heterocycles. The van der Waals surface area contributed by atoms with Crippen molar-refractivity contribution in [2.45, 2.75) is 27.3 Å². The smallest absolute Gasteiger partial charge is 0.261 e. The Balaban J connectivity index is 1.88. The van der Waals surface area contributed by atoms with Crippen LogP contribution in [0.15, 0.2) is 29.1 Å². The first kappa shape index (κ1) is 16.4. The van der Waals surface area contributed by atoms with Gasteiger partial charge in [0.2, 0.25) is 0 Å². The fraction of sp³-hybridized carbons (Fsp3) is 0.222. The highest BCUT2D eigenvalue weighted by Gasteiger charge is 2.18. The lowest BCUT2D eigenvalue weighted by molar-refractivity contribution is 0.0954. The molecule has 0 saturated carbocycles. The van der Waals surface area contributed by atoms with Crippen molar-refractivity contribution in [3.63, 3.8) is 0 Å². The van der Waals surface area contributed by atoms with Gasteiger partial charge >= 0.3 is 0 Å². The van der Waals surface area contributed by atoms with E-state index in [9.17, 15) is 14.0 Å². The average molecular weight is 344 g/mol. The van der Waals surface area contributed by atoms with Gasteiger partial charge in [-0.25, -0.2) is 4.39 Å². The van der Waals surface area contributed by atoms with Gasteiger partial charge in [-0.3, -0.25) is 9.59 Å². The number of benzene rings is 1. The molecule has 0 aliphatic rings. The van der Waals surface area contributed by atoms with Crippen molar-refractivity contribution in [1.29, 1.82) is 0 Å². The number of hydrogen-bond acceptors (Lipinski definition) is 3. The summed E-state index contributed by atoms with van der Waals surface area (Å²) >= 11 is 1.25. The number of aryl methyl sites for hydroxylation is 3. The molecule has 4 nitrogen and oxygen atoms in total. The summed E-state index contributed by atoms with van der Waals surface area (Å²) in [6.45, 7) is 5.52. The molecule has 2 aromatic heterocycles. The highest BCUT2D eigenvalue weighted by molar-refractivity contribution is 7.21. The first-order valence-electron chi connectivity index (χ1n) is 7.53. The fourth-order valence-electron chi connectivity index (χ4n) is 2.82. The number of pyridine rings is 1. The lowest BCUT2D eigenvalue weighted by Gasteiger charge is -2.08. The lowest BCUT2D eigenvalue weighted by Crippen LogP contribution is -2.27. The highest BCUT2D eigenvalue weighted by atomic mass is 32.1. The zero-order valence-corrected chi connectivity index (χ0v) is 14.4. The maximum atomic E-state index is 13.9. The van der Waals surface area contributed by atoms with Gasteiger partial charge in [0.25, 0.3) is 11.5 Å². The topological polar surface area (TPSA) is 62.0 Å². The molecule has 0 spiro atoms. The molecule has 124 valence electrons. The van der Waals surface area contributed by atoms with Gasteiger partial charge in [0, 0.05) is 27.9 Å². The van der Waals surface area contributed by atoms with Crippen molar-refractivity contribution in [3.05, 3.63) is 67.7 Å². The van der Waals surface area contributed by atoms with Crippen LogP contribution in [0, 0.1) is 26.6 Å². The van der Waals surface area contributed by atoms with E-state index in [1.165, 1.54) is 17.4 Å². The third-order valence-corrected chi connectivity index (χ3v) is 5.28. The number of hydrogen-bond donors (Lipinski definition) is 2. The van der Waals surface area contributed by atoms with Gasteiger partial charge in [0.05, 0.1) is 4.88 Å². The zero-order valence-electron chi connectivity index (χ0n) is 13.6. The monoisotopic (exact) mass is 344 g/mol. The Hall–Kier alpha value is -2.47. The normalized spacial score (nSPS) is 11.0. The predicted molar refractivity (Wildman–Crippen MR) is 94.2 cm³/mol. The van der Waals surface area contributed by atoms with Gasteiger partial charge in [0.15, 0.2) is 0 Å². The van der Waals surface area contributed by atoms with Gasteiger partial charge in [-0.2, -0.15) is 0 Å². The number of halogens is 1. The molecule has 1 amide bonds. The second-order valence-corrected chi connectivity index (χ2v) is 6.85. The molecule has 3 rings (SSSR count). The largest absolute Gasteiger partial charge is 0.347 e. The molecule has 3 aromatic rings. The van der Waals surface area contributed by atoms with Crippen molar-refractivity contribution >= 4 is 27.3 Å². The van der Waals surface area contributed by atoms with Crippen LogP contribution in [0.3, 0.4) is 0 Å². The first-order valence-corrected chi connectivity index (χ1v) is 8.35. The van der Waals surface area contributed by atoms with E-state index in [0.29, 0.717) is 21.4 Å². The van der Waals surface area contributed by atoms with E-state index in [4.69, 9.17) is 0 Å². The van der Waals surface area contributed by atoms with Crippen LogP contribution < -0.4 is 10.9 Å². The number of amides is 1. The Kier molecular flexibility index (Phi) is 4.24. The summed E-state index contributed by atoms with van der Waals surface area (Å²) in [7, 11) is 0. The number of nitrogens with one attached hydrogen (secondary N) is 2. The van der Waals surface area contributed by atoms with Crippen molar-refractivity contribution in [2.75, 3.05) is 0 Å². The Morgan fingerprint density at radius 3 is 2.71 bits per heavy atom. The highest BCUT2D eigenvalue weighted by Crippen LogP contribution is 2.32. The minimum Gasteiger partial charge on any atom is -0.347 e. The molecule has 6 heteroatoms. The molecule has 0 aliphatic carbocycles. The standard InChI is InChI=1S/C18H17FN2O2S/c1-9-7-10(2)21-17(22)12(9)8-20-18(23)16-11(3)15-13(19)5-4-6-14(15)24-16/h4-7H,8H2,1-3H3,(H,20,23)(H,21,22). The minimum absolute atomic E-state index is 0.135. The molecule has 0 bridgehead atoms. The van der Waals surface area contributed by atoms with Crippen LogP contribution in [0.5, 0.6) is 0 Å². The van der Waals surface area contributed by atoms with Gasteiger partial charge < -0.3 is 10.3 Å². The number of thiophene rings is 1. The van der Waals surface area contributed by atoms with Crippen LogP contribution in [0.25, 0.3) is 10.1 Å². The number of fused-ring (bicyclic) bond motifs is 1. The summed E-state index contributed by atoms with van der Waals surface area (Å²) in [5.74, 6) is -0.626. The first-order chi connectivity index (χ1) is 11.4. The number of aromatic nitrogens is 1. The van der Waals surface area contributed by atoms with Crippen LogP contribution in [-0.4, -0.2) is 10.9 Å². The van der Waals surface area contributed by atoms with Crippen LogP contribution in [-0.2, 0) is 6.54 Å². The number of carbonyl (C=O) groups is 1. The number of aromatic amines is 1. The molecule has 2 N–H and O–H groups in total. The van der Waals surface area contributed by atoms with E-state index < -0.39 is 0 Å². The summed E-state index contributed by atoms with van der Waals surface area (Å²) in [6.07, 6.45) is 0. The Labute approximate surface area is 142 Å². The van der Waals surface area contributed by atoms with Crippen LogP contribution in [0.4, 0.5) is 4.39 Å². The Bertz CT molecular complexity index is 1000. The van der Waals surface area contributed by atoms with Crippen molar-refractivity contribution in [1.82, 2.24) is 10.3 Å². The molecule has 0 radical (unpaired) electrons. The quantitative estimate of drug-likeness (QED) is 0.763.